The van der Waals surface area contributed by atoms with Gasteiger partial charge in [-0.25, -0.2) is 0 Å². The molecule has 0 fully saturated rings. The normalized spacial score (nSPS) is 10.5. The number of hydrogen-bond donors (Lipinski definition) is 2. The molecule has 1 amide bonds. The van der Waals surface area contributed by atoms with E-state index in [0.29, 0.717) is 22.8 Å². The van der Waals surface area contributed by atoms with Crippen LogP contribution in [0.4, 0.5) is 0 Å². The molecule has 0 aliphatic rings. The average molecular weight is 327 g/mol. The van der Waals surface area contributed by atoms with E-state index in [1.807, 2.05) is 24.3 Å². The van der Waals surface area contributed by atoms with E-state index in [9.17, 15) is 4.79 Å². The number of amides is 1. The number of carbonyl (C=O) groups excluding carboxylic acids is 1. The number of nitrogens with zero attached hydrogens (tertiary/aromatic N) is 2. The third kappa shape index (κ3) is 3.76. The van der Waals surface area contributed by atoms with Crippen LogP contribution in [0.2, 0.25) is 5.02 Å². The summed E-state index contributed by atoms with van der Waals surface area (Å²) in [5, 5.41) is 10.4. The predicted molar refractivity (Wildman–Crippen MR) is 89.3 cm³/mol. The highest BCUT2D eigenvalue weighted by atomic mass is 35.5. The predicted octanol–water partition coefficient (Wildman–Crippen LogP) is 3.10. The highest BCUT2D eigenvalue weighted by molar-refractivity contribution is 6.30. The first kappa shape index (κ1) is 15.2. The van der Waals surface area contributed by atoms with E-state index >= 15 is 0 Å². The summed E-state index contributed by atoms with van der Waals surface area (Å²) < 4.78 is 0. The van der Waals surface area contributed by atoms with Crippen LogP contribution in [0.15, 0.2) is 55.0 Å². The molecule has 0 spiro atoms. The SMILES string of the molecule is O=C(NCCc1cccnc1)c1cn[nH]c1-c1ccc(Cl)cc1. The topological polar surface area (TPSA) is 70.7 Å². The molecule has 0 aliphatic carbocycles. The molecule has 5 nitrogen and oxygen atoms in total. The standard InChI is InChI=1S/C17H15ClN4O/c18-14-5-3-13(4-6-14)16-15(11-21-22-16)17(23)20-9-7-12-2-1-8-19-10-12/h1-6,8,10-11H,7,9H2,(H,20,23)(H,21,22). The van der Waals surface area contributed by atoms with Crippen LogP contribution in [-0.4, -0.2) is 27.6 Å². The summed E-state index contributed by atoms with van der Waals surface area (Å²) in [7, 11) is 0. The molecule has 3 aromatic rings. The van der Waals surface area contributed by atoms with Crippen LogP contribution in [0.1, 0.15) is 15.9 Å². The molecule has 0 radical (unpaired) electrons. The Balaban J connectivity index is 1.66. The van der Waals surface area contributed by atoms with Crippen molar-refractivity contribution in [2.75, 3.05) is 6.54 Å². The molecule has 0 unspecified atom stereocenters. The number of benzene rings is 1. The van der Waals surface area contributed by atoms with Gasteiger partial charge in [0, 0.05) is 29.5 Å². The molecule has 0 bridgehead atoms. The second-order valence-electron chi connectivity index (χ2n) is 5.03. The summed E-state index contributed by atoms with van der Waals surface area (Å²) >= 11 is 5.89. The van der Waals surface area contributed by atoms with E-state index in [2.05, 4.69) is 20.5 Å². The fraction of sp³-hybridized carbons (Fsp3) is 0.118. The van der Waals surface area contributed by atoms with E-state index in [-0.39, 0.29) is 5.91 Å². The molecule has 1 aromatic carbocycles. The summed E-state index contributed by atoms with van der Waals surface area (Å²) in [6.07, 6.45) is 5.78. The van der Waals surface area contributed by atoms with Crippen LogP contribution < -0.4 is 5.32 Å². The number of rotatable bonds is 5. The van der Waals surface area contributed by atoms with E-state index in [1.54, 1.807) is 24.5 Å². The van der Waals surface area contributed by atoms with E-state index < -0.39 is 0 Å². The number of pyridine rings is 1. The van der Waals surface area contributed by atoms with Crippen molar-refractivity contribution in [1.82, 2.24) is 20.5 Å². The summed E-state index contributed by atoms with van der Waals surface area (Å²) in [6, 6.07) is 11.1. The van der Waals surface area contributed by atoms with Gasteiger partial charge in [0.15, 0.2) is 0 Å². The minimum atomic E-state index is -0.160. The molecule has 0 atom stereocenters. The first-order chi connectivity index (χ1) is 11.2. The van der Waals surface area contributed by atoms with Crippen molar-refractivity contribution < 1.29 is 4.79 Å². The molecule has 2 N–H and O–H groups in total. The van der Waals surface area contributed by atoms with Gasteiger partial charge in [-0.15, -0.1) is 0 Å². The van der Waals surface area contributed by atoms with Crippen molar-refractivity contribution in [3.05, 3.63) is 71.1 Å². The number of carbonyl (C=O) groups is 1. The molecule has 0 saturated carbocycles. The van der Waals surface area contributed by atoms with Crippen LogP contribution >= 0.6 is 11.6 Å². The molecule has 6 heteroatoms. The van der Waals surface area contributed by atoms with E-state index in [1.165, 1.54) is 6.20 Å². The van der Waals surface area contributed by atoms with Gasteiger partial charge in [0.25, 0.3) is 5.91 Å². The van der Waals surface area contributed by atoms with Crippen LogP contribution in [-0.2, 0) is 6.42 Å². The number of hydrogen-bond acceptors (Lipinski definition) is 3. The van der Waals surface area contributed by atoms with Gasteiger partial charge in [0.2, 0.25) is 0 Å². The summed E-state index contributed by atoms with van der Waals surface area (Å²) in [5.41, 5.74) is 3.14. The summed E-state index contributed by atoms with van der Waals surface area (Å²) in [5.74, 6) is -0.160. The minimum absolute atomic E-state index is 0.160. The molecule has 0 aliphatic heterocycles. The zero-order chi connectivity index (χ0) is 16.1. The van der Waals surface area contributed by atoms with E-state index in [4.69, 9.17) is 11.6 Å². The Hall–Kier alpha value is -2.66. The lowest BCUT2D eigenvalue weighted by molar-refractivity contribution is 0.0955. The van der Waals surface area contributed by atoms with Crippen molar-refractivity contribution in [3.63, 3.8) is 0 Å². The van der Waals surface area contributed by atoms with Crippen molar-refractivity contribution in [3.8, 4) is 11.3 Å². The Labute approximate surface area is 138 Å². The quantitative estimate of drug-likeness (QED) is 0.757. The zero-order valence-electron chi connectivity index (χ0n) is 12.3. The Morgan fingerprint density at radius 2 is 2.00 bits per heavy atom. The lowest BCUT2D eigenvalue weighted by Gasteiger charge is -2.06. The Bertz CT molecular complexity index is 784. The molecular formula is C17H15ClN4O. The third-order valence-corrected chi connectivity index (χ3v) is 3.69. The van der Waals surface area contributed by atoms with Gasteiger partial charge in [-0.3, -0.25) is 14.9 Å². The fourth-order valence-corrected chi connectivity index (χ4v) is 2.38. The van der Waals surface area contributed by atoms with Gasteiger partial charge < -0.3 is 5.32 Å². The zero-order valence-corrected chi connectivity index (χ0v) is 13.0. The smallest absolute Gasteiger partial charge is 0.255 e. The molecule has 2 aromatic heterocycles. The highest BCUT2D eigenvalue weighted by Crippen LogP contribution is 2.22. The molecule has 0 saturated heterocycles. The molecule has 116 valence electrons. The molecular weight excluding hydrogens is 312 g/mol. The Morgan fingerprint density at radius 3 is 2.74 bits per heavy atom. The Kier molecular flexibility index (Phi) is 4.68. The average Bonchev–Trinajstić information content (AvgIpc) is 3.06. The maximum atomic E-state index is 12.3. The number of halogens is 1. The van der Waals surface area contributed by atoms with Crippen LogP contribution in [0.3, 0.4) is 0 Å². The number of aromatic amines is 1. The first-order valence-electron chi connectivity index (χ1n) is 7.20. The monoisotopic (exact) mass is 326 g/mol. The highest BCUT2D eigenvalue weighted by Gasteiger charge is 2.14. The minimum Gasteiger partial charge on any atom is -0.352 e. The van der Waals surface area contributed by atoms with Gasteiger partial charge in [-0.1, -0.05) is 29.8 Å². The number of aromatic nitrogens is 3. The molecule has 3 rings (SSSR count). The summed E-state index contributed by atoms with van der Waals surface area (Å²) in [4.78, 5) is 16.4. The second-order valence-corrected chi connectivity index (χ2v) is 5.47. The number of nitrogens with one attached hydrogen (secondary N) is 2. The molecule has 23 heavy (non-hydrogen) atoms. The first-order valence-corrected chi connectivity index (χ1v) is 7.58. The second kappa shape index (κ2) is 7.07. The van der Waals surface area contributed by atoms with Crippen LogP contribution in [0.25, 0.3) is 11.3 Å². The number of H-pyrrole nitrogens is 1. The van der Waals surface area contributed by atoms with Crippen molar-refractivity contribution in [1.29, 1.82) is 0 Å². The van der Waals surface area contributed by atoms with E-state index in [0.717, 1.165) is 17.5 Å². The van der Waals surface area contributed by atoms with Gasteiger partial charge in [0.1, 0.15) is 0 Å². The fourth-order valence-electron chi connectivity index (χ4n) is 2.26. The van der Waals surface area contributed by atoms with Crippen molar-refractivity contribution >= 4 is 17.5 Å². The Morgan fingerprint density at radius 1 is 1.17 bits per heavy atom. The lowest BCUT2D eigenvalue weighted by Crippen LogP contribution is -2.25. The summed E-state index contributed by atoms with van der Waals surface area (Å²) in [6.45, 7) is 0.537. The lowest BCUT2D eigenvalue weighted by atomic mass is 10.1. The largest absolute Gasteiger partial charge is 0.352 e. The van der Waals surface area contributed by atoms with Gasteiger partial charge in [-0.2, -0.15) is 5.10 Å². The van der Waals surface area contributed by atoms with Crippen LogP contribution in [0.5, 0.6) is 0 Å². The molecule has 2 heterocycles. The van der Waals surface area contributed by atoms with Crippen molar-refractivity contribution in [2.24, 2.45) is 0 Å². The maximum Gasteiger partial charge on any atom is 0.255 e. The van der Waals surface area contributed by atoms with Gasteiger partial charge in [-0.05, 0) is 30.2 Å². The third-order valence-electron chi connectivity index (χ3n) is 3.44. The van der Waals surface area contributed by atoms with Gasteiger partial charge >= 0.3 is 0 Å². The van der Waals surface area contributed by atoms with Crippen LogP contribution in [0, 0.1) is 0 Å². The maximum absolute atomic E-state index is 12.3. The van der Waals surface area contributed by atoms with Gasteiger partial charge in [0.05, 0.1) is 17.5 Å². The van der Waals surface area contributed by atoms with Crippen molar-refractivity contribution in [2.45, 2.75) is 6.42 Å².